The summed E-state index contributed by atoms with van der Waals surface area (Å²) in [5, 5.41) is 7.10. The summed E-state index contributed by atoms with van der Waals surface area (Å²) >= 11 is 0. The number of nitrogens with one attached hydrogen (secondary N) is 1. The van der Waals surface area contributed by atoms with Gasteiger partial charge in [-0.05, 0) is 24.3 Å². The molecule has 4 rings (SSSR count). The molecule has 0 bridgehead atoms. The molecule has 1 aromatic carbocycles. The van der Waals surface area contributed by atoms with E-state index < -0.39 is 11.7 Å². The molecule has 0 fully saturated rings. The molecule has 9 heteroatoms. The number of halogens is 3. The fourth-order valence-electron chi connectivity index (χ4n) is 2.71. The predicted molar refractivity (Wildman–Crippen MR) is 86.0 cm³/mol. The summed E-state index contributed by atoms with van der Waals surface area (Å²) in [6.45, 7) is 1.07. The molecule has 0 atom stereocenters. The van der Waals surface area contributed by atoms with Gasteiger partial charge in [0.1, 0.15) is 11.4 Å². The zero-order valence-electron chi connectivity index (χ0n) is 13.3. The van der Waals surface area contributed by atoms with Crippen LogP contribution < -0.4 is 5.32 Å². The number of amides is 1. The SMILES string of the molecule is O=C1NCCn2nc(-c3ccnc(-c4ccc(C(F)(F)F)cc4)n3)cc21. The summed E-state index contributed by atoms with van der Waals surface area (Å²) < 4.78 is 39.6. The zero-order valence-corrected chi connectivity index (χ0v) is 13.3. The van der Waals surface area contributed by atoms with Gasteiger partial charge in [0.25, 0.3) is 5.91 Å². The van der Waals surface area contributed by atoms with Gasteiger partial charge in [-0.1, -0.05) is 12.1 Å². The van der Waals surface area contributed by atoms with Crippen molar-refractivity contribution < 1.29 is 18.0 Å². The maximum absolute atomic E-state index is 12.7. The standard InChI is InChI=1S/C17H12F3N5O/c18-17(19,20)11-3-1-10(2-4-11)15-21-6-5-12(23-15)13-9-14-16(26)22-7-8-25(14)24-13/h1-6,9H,7-8H2,(H,22,26). The van der Waals surface area contributed by atoms with Gasteiger partial charge in [-0.3, -0.25) is 9.48 Å². The Morgan fingerprint density at radius 2 is 1.85 bits per heavy atom. The van der Waals surface area contributed by atoms with Crippen molar-refractivity contribution in [3.05, 3.63) is 53.9 Å². The van der Waals surface area contributed by atoms with Gasteiger partial charge in [0.15, 0.2) is 5.82 Å². The molecule has 0 unspecified atom stereocenters. The first-order valence-electron chi connectivity index (χ1n) is 7.79. The first kappa shape index (κ1) is 16.2. The molecule has 6 nitrogen and oxygen atoms in total. The first-order chi connectivity index (χ1) is 12.4. The Labute approximate surface area is 145 Å². The van der Waals surface area contributed by atoms with Crippen LogP contribution in [0.5, 0.6) is 0 Å². The molecule has 0 aliphatic carbocycles. The van der Waals surface area contributed by atoms with Gasteiger partial charge in [-0.15, -0.1) is 0 Å². The van der Waals surface area contributed by atoms with Crippen LogP contribution in [0.4, 0.5) is 13.2 Å². The van der Waals surface area contributed by atoms with E-state index in [1.165, 1.54) is 18.3 Å². The zero-order chi connectivity index (χ0) is 18.3. The number of carbonyl (C=O) groups is 1. The van der Waals surface area contributed by atoms with Crippen molar-refractivity contribution in [1.29, 1.82) is 0 Å². The van der Waals surface area contributed by atoms with Crippen molar-refractivity contribution in [2.45, 2.75) is 12.7 Å². The van der Waals surface area contributed by atoms with Crippen LogP contribution in [0.1, 0.15) is 16.1 Å². The van der Waals surface area contributed by atoms with Crippen molar-refractivity contribution in [3.8, 4) is 22.8 Å². The number of rotatable bonds is 2. The Bertz CT molecular complexity index is 979. The van der Waals surface area contributed by atoms with Gasteiger partial charge in [0.2, 0.25) is 0 Å². The number of benzene rings is 1. The predicted octanol–water partition coefficient (Wildman–Crippen LogP) is 2.77. The normalized spacial score (nSPS) is 14.0. The second kappa shape index (κ2) is 5.94. The van der Waals surface area contributed by atoms with Crippen LogP contribution >= 0.6 is 0 Å². The number of aromatic nitrogens is 4. The van der Waals surface area contributed by atoms with Crippen LogP contribution in [0.3, 0.4) is 0 Å². The lowest BCUT2D eigenvalue weighted by molar-refractivity contribution is -0.137. The lowest BCUT2D eigenvalue weighted by Crippen LogP contribution is -2.35. The van der Waals surface area contributed by atoms with Crippen LogP contribution in [-0.4, -0.2) is 32.2 Å². The Morgan fingerprint density at radius 1 is 1.08 bits per heavy atom. The number of hydrogen-bond donors (Lipinski definition) is 1. The second-order valence-electron chi connectivity index (χ2n) is 5.73. The van der Waals surface area contributed by atoms with Crippen molar-refractivity contribution in [2.24, 2.45) is 0 Å². The van der Waals surface area contributed by atoms with Gasteiger partial charge < -0.3 is 5.32 Å². The molecular weight excluding hydrogens is 347 g/mol. The van der Waals surface area contributed by atoms with E-state index in [2.05, 4.69) is 20.4 Å². The highest BCUT2D eigenvalue weighted by Crippen LogP contribution is 2.30. The summed E-state index contributed by atoms with van der Waals surface area (Å²) in [4.78, 5) is 20.3. The van der Waals surface area contributed by atoms with Gasteiger partial charge in [0, 0.05) is 18.3 Å². The van der Waals surface area contributed by atoms with Gasteiger partial charge in [-0.2, -0.15) is 18.3 Å². The maximum atomic E-state index is 12.7. The highest BCUT2D eigenvalue weighted by atomic mass is 19.4. The minimum Gasteiger partial charge on any atom is -0.349 e. The number of nitrogens with zero attached hydrogens (tertiary/aromatic N) is 4. The average molecular weight is 359 g/mol. The van der Waals surface area contributed by atoms with Gasteiger partial charge >= 0.3 is 6.18 Å². The third-order valence-corrected chi connectivity index (χ3v) is 4.01. The molecule has 132 valence electrons. The first-order valence-corrected chi connectivity index (χ1v) is 7.79. The minimum absolute atomic E-state index is 0.202. The maximum Gasteiger partial charge on any atom is 0.416 e. The number of hydrogen-bond acceptors (Lipinski definition) is 4. The molecule has 3 heterocycles. The summed E-state index contributed by atoms with van der Waals surface area (Å²) in [6, 6.07) is 7.91. The van der Waals surface area contributed by atoms with Crippen LogP contribution in [0.2, 0.25) is 0 Å². The third-order valence-electron chi connectivity index (χ3n) is 4.01. The fraction of sp³-hybridized carbons (Fsp3) is 0.176. The van der Waals surface area contributed by atoms with E-state index >= 15 is 0 Å². The van der Waals surface area contributed by atoms with Gasteiger partial charge in [0.05, 0.1) is 17.8 Å². The highest BCUT2D eigenvalue weighted by Gasteiger charge is 2.30. The molecule has 1 N–H and O–H groups in total. The Morgan fingerprint density at radius 3 is 2.54 bits per heavy atom. The van der Waals surface area contributed by atoms with E-state index in [4.69, 9.17) is 0 Å². The van der Waals surface area contributed by atoms with E-state index in [1.54, 1.807) is 16.8 Å². The molecule has 0 spiro atoms. The summed E-state index contributed by atoms with van der Waals surface area (Å²) in [5.41, 5.74) is 1.17. The summed E-state index contributed by atoms with van der Waals surface area (Å²) in [6.07, 6.45) is -2.88. The number of fused-ring (bicyclic) bond motifs is 1. The van der Waals surface area contributed by atoms with Crippen molar-refractivity contribution >= 4 is 5.91 Å². The third kappa shape index (κ3) is 2.92. The lowest BCUT2D eigenvalue weighted by Gasteiger charge is -2.13. The molecule has 1 aliphatic rings. The van der Waals surface area contributed by atoms with E-state index in [0.717, 1.165) is 12.1 Å². The lowest BCUT2D eigenvalue weighted by atomic mass is 10.1. The van der Waals surface area contributed by atoms with Crippen LogP contribution in [0, 0.1) is 0 Å². The molecule has 0 saturated carbocycles. The number of alkyl halides is 3. The largest absolute Gasteiger partial charge is 0.416 e. The highest BCUT2D eigenvalue weighted by molar-refractivity contribution is 5.94. The monoisotopic (exact) mass is 359 g/mol. The van der Waals surface area contributed by atoms with E-state index in [-0.39, 0.29) is 11.7 Å². The van der Waals surface area contributed by atoms with E-state index in [1.807, 2.05) is 0 Å². The van der Waals surface area contributed by atoms with Crippen LogP contribution in [0.25, 0.3) is 22.8 Å². The summed E-state index contributed by atoms with van der Waals surface area (Å²) in [5.74, 6) is 0.0821. The quantitative estimate of drug-likeness (QED) is 0.764. The minimum atomic E-state index is -4.39. The smallest absolute Gasteiger partial charge is 0.349 e. The van der Waals surface area contributed by atoms with E-state index in [9.17, 15) is 18.0 Å². The Hall–Kier alpha value is -3.23. The Balaban J connectivity index is 1.68. The molecule has 0 radical (unpaired) electrons. The van der Waals surface area contributed by atoms with Crippen molar-refractivity contribution in [2.75, 3.05) is 6.54 Å². The van der Waals surface area contributed by atoms with E-state index in [0.29, 0.717) is 35.7 Å². The average Bonchev–Trinajstić information content (AvgIpc) is 3.07. The van der Waals surface area contributed by atoms with Gasteiger partial charge in [-0.25, -0.2) is 9.97 Å². The van der Waals surface area contributed by atoms with Crippen LogP contribution in [0.15, 0.2) is 42.6 Å². The van der Waals surface area contributed by atoms with Crippen molar-refractivity contribution in [3.63, 3.8) is 0 Å². The molecule has 3 aromatic rings. The topological polar surface area (TPSA) is 72.7 Å². The second-order valence-corrected chi connectivity index (χ2v) is 5.73. The number of carbonyl (C=O) groups excluding carboxylic acids is 1. The summed E-state index contributed by atoms with van der Waals surface area (Å²) in [7, 11) is 0. The Kier molecular flexibility index (Phi) is 3.71. The fourth-order valence-corrected chi connectivity index (χ4v) is 2.71. The molecule has 1 aliphatic heterocycles. The van der Waals surface area contributed by atoms with Crippen molar-refractivity contribution in [1.82, 2.24) is 25.1 Å². The molecule has 1 amide bonds. The molecule has 0 saturated heterocycles. The molecule has 26 heavy (non-hydrogen) atoms. The molecular formula is C17H12F3N5O. The molecule has 2 aromatic heterocycles. The van der Waals surface area contributed by atoms with Crippen LogP contribution in [-0.2, 0) is 12.7 Å².